The van der Waals surface area contributed by atoms with Crippen molar-refractivity contribution in [2.45, 2.75) is 25.9 Å². The quantitative estimate of drug-likeness (QED) is 0.721. The van der Waals surface area contributed by atoms with Gasteiger partial charge in [-0.15, -0.1) is 10.2 Å². The molecule has 1 heterocycles. The van der Waals surface area contributed by atoms with Gasteiger partial charge in [-0.3, -0.25) is 0 Å². The van der Waals surface area contributed by atoms with Crippen LogP contribution in [0, 0.1) is 5.92 Å². The van der Waals surface area contributed by atoms with Gasteiger partial charge >= 0.3 is 0 Å². The third-order valence-electron chi connectivity index (χ3n) is 2.71. The lowest BCUT2D eigenvalue weighted by atomic mass is 9.90. The van der Waals surface area contributed by atoms with Crippen LogP contribution in [-0.4, -0.2) is 5.66 Å². The first-order chi connectivity index (χ1) is 7.23. The number of benzene rings is 1. The summed E-state index contributed by atoms with van der Waals surface area (Å²) in [6.07, 6.45) is 0.762. The Kier molecular flexibility index (Phi) is 2.58. The van der Waals surface area contributed by atoms with E-state index in [-0.39, 0.29) is 0 Å². The van der Waals surface area contributed by atoms with Gasteiger partial charge in [0.05, 0.1) is 0 Å². The van der Waals surface area contributed by atoms with E-state index in [4.69, 9.17) is 0 Å². The highest BCUT2D eigenvalue weighted by Gasteiger charge is 2.36. The molecule has 0 atom stereocenters. The molecule has 0 radical (unpaired) electrons. The van der Waals surface area contributed by atoms with Crippen molar-refractivity contribution in [1.29, 1.82) is 0 Å². The summed E-state index contributed by atoms with van der Waals surface area (Å²) in [5.41, 5.74) is 0.729. The fourth-order valence-corrected chi connectivity index (χ4v) is 1.62. The van der Waals surface area contributed by atoms with Gasteiger partial charge in [-0.1, -0.05) is 44.2 Å². The first-order valence-electron chi connectivity index (χ1n) is 5.11. The van der Waals surface area contributed by atoms with Gasteiger partial charge in [0.2, 0.25) is 5.66 Å². The van der Waals surface area contributed by atoms with Crippen molar-refractivity contribution in [2.75, 3.05) is 0 Å². The van der Waals surface area contributed by atoms with E-state index in [0.717, 1.165) is 6.42 Å². The van der Waals surface area contributed by atoms with E-state index < -0.39 is 5.66 Å². The molecule has 0 N–H and O–H groups in total. The highest BCUT2D eigenvalue weighted by molar-refractivity contribution is 5.18. The summed E-state index contributed by atoms with van der Waals surface area (Å²) in [6, 6.07) is 10.2. The molecule has 0 spiro atoms. The molecule has 0 unspecified atom stereocenters. The Morgan fingerprint density at radius 2 is 1.67 bits per heavy atom. The van der Waals surface area contributed by atoms with Crippen molar-refractivity contribution < 1.29 is 0 Å². The van der Waals surface area contributed by atoms with Crippen molar-refractivity contribution in [2.24, 2.45) is 26.6 Å². The minimum atomic E-state index is -0.485. The minimum absolute atomic E-state index is 0.299. The van der Waals surface area contributed by atoms with Crippen molar-refractivity contribution >= 4 is 0 Å². The number of hydrogen-bond donors (Lipinski definition) is 0. The second kappa shape index (κ2) is 3.88. The van der Waals surface area contributed by atoms with Crippen LogP contribution < -0.4 is 0 Å². The molecule has 0 amide bonds. The molecule has 1 aliphatic rings. The highest BCUT2D eigenvalue weighted by atomic mass is 15.6. The van der Waals surface area contributed by atoms with Crippen LogP contribution in [0.25, 0.3) is 0 Å². The molecular weight excluding hydrogens is 188 g/mol. The molecular formula is C11H14N4. The van der Waals surface area contributed by atoms with E-state index in [1.54, 1.807) is 0 Å². The summed E-state index contributed by atoms with van der Waals surface area (Å²) in [7, 11) is 0. The van der Waals surface area contributed by atoms with Crippen LogP contribution in [0.15, 0.2) is 51.0 Å². The van der Waals surface area contributed by atoms with E-state index in [2.05, 4.69) is 46.7 Å². The van der Waals surface area contributed by atoms with Crippen LogP contribution in [0.3, 0.4) is 0 Å². The van der Waals surface area contributed by atoms with E-state index in [9.17, 15) is 0 Å². The van der Waals surface area contributed by atoms with Gasteiger partial charge in [0, 0.05) is 12.3 Å². The lowest BCUT2D eigenvalue weighted by Gasteiger charge is -2.23. The predicted octanol–water partition coefficient (Wildman–Crippen LogP) is 3.41. The predicted molar refractivity (Wildman–Crippen MR) is 57.4 cm³/mol. The molecule has 1 aromatic carbocycles. The smallest absolute Gasteiger partial charge is 0.134 e. The number of nitrogens with zero attached hydrogens (tertiary/aromatic N) is 4. The van der Waals surface area contributed by atoms with Gasteiger partial charge in [0.15, 0.2) is 0 Å². The molecule has 0 saturated heterocycles. The Labute approximate surface area is 89.1 Å². The monoisotopic (exact) mass is 202 g/mol. The van der Waals surface area contributed by atoms with E-state index in [0.29, 0.717) is 5.92 Å². The van der Waals surface area contributed by atoms with Gasteiger partial charge in [0.1, 0.15) is 0 Å². The molecule has 1 aromatic rings. The van der Waals surface area contributed by atoms with Crippen LogP contribution in [0.1, 0.15) is 19.4 Å². The molecule has 1 aliphatic heterocycles. The molecule has 78 valence electrons. The second-order valence-corrected chi connectivity index (χ2v) is 4.07. The van der Waals surface area contributed by atoms with Crippen LogP contribution >= 0.6 is 0 Å². The van der Waals surface area contributed by atoms with Crippen molar-refractivity contribution in [1.82, 2.24) is 0 Å². The number of rotatable bonds is 3. The van der Waals surface area contributed by atoms with Gasteiger partial charge < -0.3 is 0 Å². The summed E-state index contributed by atoms with van der Waals surface area (Å²) in [4.78, 5) is 0. The Balaban J connectivity index is 2.23. The summed E-state index contributed by atoms with van der Waals surface area (Å²) >= 11 is 0. The molecule has 2 rings (SSSR count). The zero-order valence-electron chi connectivity index (χ0n) is 8.96. The maximum absolute atomic E-state index is 4.15. The zero-order chi connectivity index (χ0) is 10.7. The molecule has 0 aliphatic carbocycles. The third-order valence-corrected chi connectivity index (χ3v) is 2.71. The van der Waals surface area contributed by atoms with Crippen molar-refractivity contribution in [3.63, 3.8) is 0 Å². The molecule has 15 heavy (non-hydrogen) atoms. The van der Waals surface area contributed by atoms with E-state index in [1.807, 2.05) is 18.2 Å². The lowest BCUT2D eigenvalue weighted by Crippen LogP contribution is -2.31. The second-order valence-electron chi connectivity index (χ2n) is 4.07. The molecule has 0 bridgehead atoms. The van der Waals surface area contributed by atoms with Crippen LogP contribution in [0.5, 0.6) is 0 Å². The van der Waals surface area contributed by atoms with Crippen molar-refractivity contribution in [3.05, 3.63) is 35.9 Å². The molecule has 4 heteroatoms. The molecule has 0 saturated carbocycles. The lowest BCUT2D eigenvalue weighted by molar-refractivity contribution is 0.319. The number of hydrogen-bond acceptors (Lipinski definition) is 4. The average Bonchev–Trinajstić information content (AvgIpc) is 2.69. The van der Waals surface area contributed by atoms with E-state index >= 15 is 0 Å². The topological polar surface area (TPSA) is 49.4 Å². The Morgan fingerprint density at radius 1 is 1.07 bits per heavy atom. The Morgan fingerprint density at radius 3 is 2.20 bits per heavy atom. The van der Waals surface area contributed by atoms with Gasteiger partial charge in [-0.25, -0.2) is 0 Å². The summed E-state index contributed by atoms with van der Waals surface area (Å²) in [5, 5.41) is 15.6. The largest absolute Gasteiger partial charge is 0.201 e. The van der Waals surface area contributed by atoms with Crippen LogP contribution in [-0.2, 0) is 6.42 Å². The third kappa shape index (κ3) is 1.93. The van der Waals surface area contributed by atoms with Gasteiger partial charge in [-0.2, -0.15) is 0 Å². The molecule has 0 aromatic heterocycles. The first-order valence-corrected chi connectivity index (χ1v) is 5.11. The molecule has 4 nitrogen and oxygen atoms in total. The maximum Gasteiger partial charge on any atom is 0.201 e. The normalized spacial score (nSPS) is 17.5. The fourth-order valence-electron chi connectivity index (χ4n) is 1.62. The molecule has 0 fully saturated rings. The first kappa shape index (κ1) is 9.96. The summed E-state index contributed by atoms with van der Waals surface area (Å²) in [5.74, 6) is 0.299. The zero-order valence-corrected chi connectivity index (χ0v) is 8.96. The summed E-state index contributed by atoms with van der Waals surface area (Å²) < 4.78 is 0. The Bertz CT molecular complexity index is 369. The minimum Gasteiger partial charge on any atom is -0.134 e. The highest BCUT2D eigenvalue weighted by Crippen LogP contribution is 2.32. The Hall–Kier alpha value is -1.58. The van der Waals surface area contributed by atoms with Gasteiger partial charge in [0.25, 0.3) is 0 Å². The van der Waals surface area contributed by atoms with Crippen LogP contribution in [0.2, 0.25) is 0 Å². The van der Waals surface area contributed by atoms with E-state index in [1.165, 1.54) is 5.56 Å². The standard InChI is InChI=1S/C11H14N4/c1-9(2)11(12-14-15-13-11)8-10-6-4-3-5-7-10/h3-7,9H,8H2,1-2H3. The maximum atomic E-state index is 4.15. The average molecular weight is 202 g/mol. The van der Waals surface area contributed by atoms with Crippen LogP contribution in [0.4, 0.5) is 0 Å². The van der Waals surface area contributed by atoms with Crippen molar-refractivity contribution in [3.8, 4) is 0 Å². The fraction of sp³-hybridized carbons (Fsp3) is 0.455. The summed E-state index contributed by atoms with van der Waals surface area (Å²) in [6.45, 7) is 4.18. The van der Waals surface area contributed by atoms with Gasteiger partial charge in [-0.05, 0) is 16.0 Å². The SMILES string of the molecule is CC(C)C1(Cc2ccccc2)N=NN=N1.